The molecule has 2 rings (SSSR count). The number of aryl methyl sites for hydroxylation is 1. The Kier molecular flexibility index (Phi) is 5.79. The van der Waals surface area contributed by atoms with Gasteiger partial charge in [0.05, 0.1) is 17.9 Å². The maximum Gasteiger partial charge on any atom is 0.246 e. The molecule has 0 aliphatic heterocycles. The van der Waals surface area contributed by atoms with Gasteiger partial charge in [0, 0.05) is 19.7 Å². The molecule has 0 bridgehead atoms. The predicted octanol–water partition coefficient (Wildman–Crippen LogP) is 0.813. The molecule has 1 unspecified atom stereocenters. The summed E-state index contributed by atoms with van der Waals surface area (Å²) in [5.74, 6) is 0. The normalized spacial score (nSPS) is 13.4. The lowest BCUT2D eigenvalue weighted by molar-refractivity contribution is -0.935. The van der Waals surface area contributed by atoms with E-state index >= 15 is 0 Å². The maximum absolute atomic E-state index is 12.5. The highest BCUT2D eigenvalue weighted by molar-refractivity contribution is 7.89. The van der Waals surface area contributed by atoms with Crippen molar-refractivity contribution in [2.75, 3.05) is 20.6 Å². The monoisotopic (exact) mass is 351 g/mol. The van der Waals surface area contributed by atoms with E-state index in [1.807, 2.05) is 29.8 Å². The summed E-state index contributed by atoms with van der Waals surface area (Å²) in [7, 11) is -0.386. The van der Waals surface area contributed by atoms with Crippen LogP contribution in [0.3, 0.4) is 0 Å². The van der Waals surface area contributed by atoms with Crippen LogP contribution in [-0.2, 0) is 23.2 Å². The summed E-state index contributed by atoms with van der Waals surface area (Å²) in [5.41, 5.74) is 2.51. The van der Waals surface area contributed by atoms with Crippen LogP contribution in [0, 0.1) is 13.8 Å². The maximum atomic E-state index is 12.5. The molecule has 6 nitrogen and oxygen atoms in total. The van der Waals surface area contributed by atoms with Gasteiger partial charge in [-0.25, -0.2) is 17.4 Å². The standard InChI is InChI=1S/C17H26N4O2S/c1-6-20(12-16-10-8-7-9-11-16)13-21-15(3)17(14(2)18-21)24(22,23)19(4)5/h7-11H,6,12-13H2,1-5H3/p+1. The van der Waals surface area contributed by atoms with Gasteiger partial charge in [-0.1, -0.05) is 30.3 Å². The van der Waals surface area contributed by atoms with E-state index in [2.05, 4.69) is 24.2 Å². The number of rotatable bonds is 7. The van der Waals surface area contributed by atoms with E-state index in [4.69, 9.17) is 0 Å². The van der Waals surface area contributed by atoms with Crippen LogP contribution >= 0.6 is 0 Å². The number of nitrogens with zero attached hydrogens (tertiary/aromatic N) is 3. The minimum absolute atomic E-state index is 0.322. The minimum atomic E-state index is -3.48. The first kappa shape index (κ1) is 18.6. The number of quaternary nitrogens is 1. The Labute approximate surface area is 144 Å². The lowest BCUT2D eigenvalue weighted by atomic mass is 10.2. The molecular formula is C17H27N4O2S+. The molecule has 0 aliphatic rings. The molecule has 0 aliphatic carbocycles. The summed E-state index contributed by atoms with van der Waals surface area (Å²) in [5, 5.41) is 4.48. The summed E-state index contributed by atoms with van der Waals surface area (Å²) in [6.45, 7) is 8.16. The van der Waals surface area contributed by atoms with Crippen molar-refractivity contribution in [1.82, 2.24) is 14.1 Å². The van der Waals surface area contributed by atoms with Crippen LogP contribution < -0.4 is 4.90 Å². The average molecular weight is 351 g/mol. The molecule has 1 N–H and O–H groups in total. The molecule has 0 saturated heterocycles. The van der Waals surface area contributed by atoms with Gasteiger partial charge in [0.15, 0.2) is 6.67 Å². The van der Waals surface area contributed by atoms with Gasteiger partial charge in [0.1, 0.15) is 11.4 Å². The van der Waals surface area contributed by atoms with Crippen LogP contribution in [0.1, 0.15) is 23.9 Å². The number of sulfonamides is 1. The quantitative estimate of drug-likeness (QED) is 0.803. The summed E-state index contributed by atoms with van der Waals surface area (Å²) in [4.78, 5) is 1.64. The van der Waals surface area contributed by atoms with E-state index in [-0.39, 0.29) is 0 Å². The van der Waals surface area contributed by atoms with Crippen molar-refractivity contribution in [3.8, 4) is 0 Å². The van der Waals surface area contributed by atoms with E-state index in [1.165, 1.54) is 14.8 Å². The zero-order valence-corrected chi connectivity index (χ0v) is 15.9. The van der Waals surface area contributed by atoms with Crippen molar-refractivity contribution in [1.29, 1.82) is 0 Å². The van der Waals surface area contributed by atoms with Crippen LogP contribution in [0.25, 0.3) is 0 Å². The van der Waals surface area contributed by atoms with E-state index in [0.717, 1.165) is 13.1 Å². The van der Waals surface area contributed by atoms with Crippen molar-refractivity contribution in [3.05, 3.63) is 47.3 Å². The van der Waals surface area contributed by atoms with E-state index < -0.39 is 10.0 Å². The number of aromatic nitrogens is 2. The van der Waals surface area contributed by atoms with Gasteiger partial charge >= 0.3 is 0 Å². The van der Waals surface area contributed by atoms with Gasteiger partial charge in [-0.15, -0.1) is 0 Å². The Morgan fingerprint density at radius 3 is 2.33 bits per heavy atom. The highest BCUT2D eigenvalue weighted by Crippen LogP contribution is 2.21. The Hall–Kier alpha value is -1.70. The lowest BCUT2D eigenvalue weighted by Gasteiger charge is -2.18. The Morgan fingerprint density at radius 2 is 1.79 bits per heavy atom. The van der Waals surface area contributed by atoms with Crippen molar-refractivity contribution in [3.63, 3.8) is 0 Å². The third-order valence-corrected chi connectivity index (χ3v) is 6.29. The van der Waals surface area contributed by atoms with Crippen LogP contribution in [-0.4, -0.2) is 43.1 Å². The number of hydrogen-bond donors (Lipinski definition) is 1. The molecule has 0 amide bonds. The van der Waals surface area contributed by atoms with Crippen LogP contribution in [0.15, 0.2) is 35.2 Å². The molecular weight excluding hydrogens is 324 g/mol. The Morgan fingerprint density at radius 1 is 1.17 bits per heavy atom. The van der Waals surface area contributed by atoms with E-state index in [9.17, 15) is 8.42 Å². The molecule has 2 aromatic rings. The topological polar surface area (TPSA) is 59.6 Å². The Bertz CT molecular complexity index is 782. The fraction of sp³-hybridized carbons (Fsp3) is 0.471. The lowest BCUT2D eigenvalue weighted by Crippen LogP contribution is -3.09. The van der Waals surface area contributed by atoms with Gasteiger partial charge < -0.3 is 4.90 Å². The zero-order chi connectivity index (χ0) is 17.9. The molecule has 7 heteroatoms. The Balaban J connectivity index is 2.27. The minimum Gasteiger partial charge on any atom is -0.313 e. The SMILES string of the molecule is CC[NH+](Cc1ccccc1)Cn1nc(C)c(S(=O)(=O)N(C)C)c1C. The van der Waals surface area contributed by atoms with E-state index in [0.29, 0.717) is 23.0 Å². The number of nitrogens with one attached hydrogen (secondary N) is 1. The molecule has 0 saturated carbocycles. The second-order valence-electron chi connectivity index (χ2n) is 6.21. The van der Waals surface area contributed by atoms with Crippen molar-refractivity contribution >= 4 is 10.0 Å². The molecule has 132 valence electrons. The van der Waals surface area contributed by atoms with Gasteiger partial charge in [0.2, 0.25) is 10.0 Å². The largest absolute Gasteiger partial charge is 0.313 e. The van der Waals surface area contributed by atoms with E-state index in [1.54, 1.807) is 21.0 Å². The van der Waals surface area contributed by atoms with Gasteiger partial charge in [-0.2, -0.15) is 5.10 Å². The van der Waals surface area contributed by atoms with Crippen molar-refractivity contribution < 1.29 is 13.3 Å². The van der Waals surface area contributed by atoms with Crippen LogP contribution in [0.2, 0.25) is 0 Å². The first-order chi connectivity index (χ1) is 11.3. The zero-order valence-electron chi connectivity index (χ0n) is 15.1. The fourth-order valence-electron chi connectivity index (χ4n) is 2.78. The number of hydrogen-bond acceptors (Lipinski definition) is 3. The molecule has 0 fully saturated rings. The van der Waals surface area contributed by atoms with Crippen LogP contribution in [0.4, 0.5) is 0 Å². The highest BCUT2D eigenvalue weighted by Gasteiger charge is 2.27. The predicted molar refractivity (Wildman–Crippen MR) is 94.2 cm³/mol. The average Bonchev–Trinajstić information content (AvgIpc) is 2.81. The first-order valence-electron chi connectivity index (χ1n) is 8.11. The molecule has 1 aromatic heterocycles. The second kappa shape index (κ2) is 7.46. The smallest absolute Gasteiger partial charge is 0.246 e. The van der Waals surface area contributed by atoms with Crippen LogP contribution in [0.5, 0.6) is 0 Å². The molecule has 24 heavy (non-hydrogen) atoms. The fourth-order valence-corrected chi connectivity index (χ4v) is 4.04. The number of benzene rings is 1. The molecule has 0 radical (unpaired) electrons. The third kappa shape index (κ3) is 3.85. The summed E-state index contributed by atoms with van der Waals surface area (Å²) in [6, 6.07) is 10.3. The van der Waals surface area contributed by atoms with Gasteiger partial charge in [0.25, 0.3) is 0 Å². The molecule has 1 atom stereocenters. The second-order valence-corrected chi connectivity index (χ2v) is 8.30. The van der Waals surface area contributed by atoms with Gasteiger partial charge in [-0.05, 0) is 20.8 Å². The highest BCUT2D eigenvalue weighted by atomic mass is 32.2. The summed E-state index contributed by atoms with van der Waals surface area (Å²) >= 11 is 0. The van der Waals surface area contributed by atoms with Gasteiger partial charge in [-0.3, -0.25) is 0 Å². The molecule has 1 heterocycles. The summed E-state index contributed by atoms with van der Waals surface area (Å²) < 4.78 is 28.1. The summed E-state index contributed by atoms with van der Waals surface area (Å²) in [6.07, 6.45) is 0. The van der Waals surface area contributed by atoms with Crippen molar-refractivity contribution in [2.45, 2.75) is 38.9 Å². The molecule has 1 aromatic carbocycles. The third-order valence-electron chi connectivity index (χ3n) is 4.22. The van der Waals surface area contributed by atoms with Crippen molar-refractivity contribution in [2.24, 2.45) is 0 Å². The first-order valence-corrected chi connectivity index (χ1v) is 9.55. The molecule has 0 spiro atoms.